The van der Waals surface area contributed by atoms with Gasteiger partial charge in [-0.25, -0.2) is 0 Å². The molecule has 0 spiro atoms. The Morgan fingerprint density at radius 3 is 2.10 bits per heavy atom. The van der Waals surface area contributed by atoms with Crippen molar-refractivity contribution in [3.05, 3.63) is 64.7 Å². The van der Waals surface area contributed by atoms with Crippen LogP contribution in [0.5, 0.6) is 0 Å². The largest absolute Gasteiger partial charge is 0.348 e. The molecule has 0 aromatic heterocycles. The molecule has 0 amide bonds. The molecule has 2 aromatic rings. The first-order valence-corrected chi connectivity index (χ1v) is 7.89. The van der Waals surface area contributed by atoms with Crippen LogP contribution >= 0.6 is 23.8 Å². The zero-order valence-electron chi connectivity index (χ0n) is 11.7. The minimum absolute atomic E-state index is 0.733. The lowest BCUT2D eigenvalue weighted by Crippen LogP contribution is -2.36. The lowest BCUT2D eigenvalue weighted by molar-refractivity contribution is 0.445. The van der Waals surface area contributed by atoms with E-state index >= 15 is 0 Å². The first-order valence-electron chi connectivity index (χ1n) is 7.10. The molecule has 21 heavy (non-hydrogen) atoms. The summed E-state index contributed by atoms with van der Waals surface area (Å²) in [5.41, 5.74) is 3.86. The molecule has 0 aliphatic carbocycles. The predicted molar refractivity (Wildman–Crippen MR) is 93.1 cm³/mol. The Morgan fingerprint density at radius 1 is 0.952 bits per heavy atom. The van der Waals surface area contributed by atoms with Crippen molar-refractivity contribution in [2.24, 2.45) is 0 Å². The number of rotatable bonds is 1. The fraction of sp³-hybridized carbons (Fsp3) is 0.235. The van der Waals surface area contributed by atoms with Gasteiger partial charge in [0.2, 0.25) is 0 Å². The van der Waals surface area contributed by atoms with E-state index in [1.54, 1.807) is 0 Å². The molecule has 0 unspecified atom stereocenters. The molecule has 3 rings (SSSR count). The van der Waals surface area contributed by atoms with Crippen LogP contribution in [-0.4, -0.2) is 23.1 Å². The molecule has 1 aliphatic heterocycles. The van der Waals surface area contributed by atoms with E-state index in [2.05, 4.69) is 34.5 Å². The maximum absolute atomic E-state index is 5.90. The van der Waals surface area contributed by atoms with Gasteiger partial charge in [0.15, 0.2) is 5.11 Å². The maximum Gasteiger partial charge on any atom is 0.173 e. The molecular formula is C17H17ClN2S. The summed E-state index contributed by atoms with van der Waals surface area (Å²) in [6.07, 6.45) is 2.08. The van der Waals surface area contributed by atoms with Gasteiger partial charge < -0.3 is 10.2 Å². The number of hydrogen-bond donors (Lipinski definition) is 1. The van der Waals surface area contributed by atoms with Crippen molar-refractivity contribution in [3.8, 4) is 0 Å². The molecule has 0 bridgehead atoms. The summed E-state index contributed by atoms with van der Waals surface area (Å²) >= 11 is 11.4. The van der Waals surface area contributed by atoms with Crippen LogP contribution in [0.3, 0.4) is 0 Å². The average Bonchev–Trinajstić information content (AvgIpc) is 2.72. The lowest BCUT2D eigenvalue weighted by Gasteiger charge is -2.24. The van der Waals surface area contributed by atoms with Crippen molar-refractivity contribution in [3.63, 3.8) is 0 Å². The molecule has 0 radical (unpaired) electrons. The zero-order valence-corrected chi connectivity index (χ0v) is 13.3. The number of nitrogens with one attached hydrogen (secondary N) is 1. The third kappa shape index (κ3) is 3.55. The minimum atomic E-state index is 0.733. The van der Waals surface area contributed by atoms with E-state index < -0.39 is 0 Å². The lowest BCUT2D eigenvalue weighted by atomic mass is 10.0. The van der Waals surface area contributed by atoms with E-state index in [0.29, 0.717) is 0 Å². The average molecular weight is 317 g/mol. The predicted octanol–water partition coefficient (Wildman–Crippen LogP) is 4.14. The summed E-state index contributed by atoms with van der Waals surface area (Å²) in [7, 11) is 0. The van der Waals surface area contributed by atoms with Crippen LogP contribution in [0.4, 0.5) is 5.69 Å². The van der Waals surface area contributed by atoms with Crippen molar-refractivity contribution in [1.82, 2.24) is 4.90 Å². The number of nitrogens with zero attached hydrogens (tertiary/aromatic N) is 1. The molecule has 0 saturated carbocycles. The quantitative estimate of drug-likeness (QED) is 0.796. The van der Waals surface area contributed by atoms with Crippen LogP contribution in [0.1, 0.15) is 11.1 Å². The van der Waals surface area contributed by atoms with Gasteiger partial charge in [0, 0.05) is 23.8 Å². The molecule has 0 saturated heterocycles. The van der Waals surface area contributed by atoms with E-state index in [1.165, 1.54) is 11.1 Å². The van der Waals surface area contributed by atoms with Gasteiger partial charge >= 0.3 is 0 Å². The zero-order chi connectivity index (χ0) is 14.7. The number of halogens is 1. The highest BCUT2D eigenvalue weighted by molar-refractivity contribution is 7.80. The topological polar surface area (TPSA) is 15.3 Å². The summed E-state index contributed by atoms with van der Waals surface area (Å²) in [6.45, 7) is 1.91. The number of fused-ring (bicyclic) bond motifs is 1. The second-order valence-electron chi connectivity index (χ2n) is 5.19. The Morgan fingerprint density at radius 2 is 1.52 bits per heavy atom. The van der Waals surface area contributed by atoms with E-state index in [9.17, 15) is 0 Å². The second-order valence-corrected chi connectivity index (χ2v) is 6.02. The van der Waals surface area contributed by atoms with Crippen LogP contribution in [0.25, 0.3) is 0 Å². The van der Waals surface area contributed by atoms with E-state index in [0.717, 1.165) is 41.8 Å². The molecular weight excluding hydrogens is 300 g/mol. The number of benzene rings is 2. The Balaban J connectivity index is 1.65. The summed E-state index contributed by atoms with van der Waals surface area (Å²) in [5, 5.41) is 4.81. The number of thiocarbonyl (C=S) groups is 1. The van der Waals surface area contributed by atoms with Crippen LogP contribution in [-0.2, 0) is 12.8 Å². The fourth-order valence-corrected chi connectivity index (χ4v) is 3.03. The molecule has 1 aliphatic rings. The van der Waals surface area contributed by atoms with Crippen molar-refractivity contribution in [2.45, 2.75) is 12.8 Å². The van der Waals surface area contributed by atoms with Gasteiger partial charge in [-0.2, -0.15) is 0 Å². The molecule has 108 valence electrons. The number of hydrogen-bond acceptors (Lipinski definition) is 1. The summed E-state index contributed by atoms with van der Waals surface area (Å²) in [5.74, 6) is 0. The van der Waals surface area contributed by atoms with Crippen LogP contribution < -0.4 is 5.32 Å². The monoisotopic (exact) mass is 316 g/mol. The van der Waals surface area contributed by atoms with Crippen molar-refractivity contribution >= 4 is 34.6 Å². The van der Waals surface area contributed by atoms with Gasteiger partial charge in [-0.05, 0) is 60.5 Å². The highest BCUT2D eigenvalue weighted by Gasteiger charge is 2.15. The molecule has 4 heteroatoms. The van der Waals surface area contributed by atoms with Crippen LogP contribution in [0.2, 0.25) is 5.02 Å². The van der Waals surface area contributed by atoms with Crippen LogP contribution in [0, 0.1) is 0 Å². The highest BCUT2D eigenvalue weighted by atomic mass is 35.5. The highest BCUT2D eigenvalue weighted by Crippen LogP contribution is 2.17. The van der Waals surface area contributed by atoms with E-state index in [4.69, 9.17) is 23.8 Å². The molecule has 0 atom stereocenters. The Hall–Kier alpha value is -1.58. The second kappa shape index (κ2) is 6.46. The van der Waals surface area contributed by atoms with Crippen molar-refractivity contribution < 1.29 is 0 Å². The summed E-state index contributed by atoms with van der Waals surface area (Å²) in [6, 6.07) is 16.3. The summed E-state index contributed by atoms with van der Waals surface area (Å²) < 4.78 is 0. The smallest absolute Gasteiger partial charge is 0.173 e. The van der Waals surface area contributed by atoms with Gasteiger partial charge in [0.25, 0.3) is 0 Å². The molecule has 0 fully saturated rings. The fourth-order valence-electron chi connectivity index (χ4n) is 2.61. The molecule has 2 nitrogen and oxygen atoms in total. The molecule has 1 N–H and O–H groups in total. The SMILES string of the molecule is S=C(Nc1ccc(Cl)cc1)N1CCc2ccccc2CC1. The van der Waals surface area contributed by atoms with Gasteiger partial charge in [-0.1, -0.05) is 35.9 Å². The van der Waals surface area contributed by atoms with E-state index in [-0.39, 0.29) is 0 Å². The third-order valence-corrected chi connectivity index (χ3v) is 4.42. The Kier molecular flexibility index (Phi) is 4.42. The first kappa shape index (κ1) is 14.4. The minimum Gasteiger partial charge on any atom is -0.348 e. The molecule has 1 heterocycles. The van der Waals surface area contributed by atoms with Gasteiger partial charge in [-0.3, -0.25) is 0 Å². The summed E-state index contributed by atoms with van der Waals surface area (Å²) in [4.78, 5) is 2.24. The van der Waals surface area contributed by atoms with Gasteiger partial charge in [0.05, 0.1) is 0 Å². The van der Waals surface area contributed by atoms with Gasteiger partial charge in [0.1, 0.15) is 0 Å². The van der Waals surface area contributed by atoms with E-state index in [1.807, 2.05) is 24.3 Å². The Bertz CT molecular complexity index is 612. The third-order valence-electron chi connectivity index (χ3n) is 3.80. The first-order chi connectivity index (χ1) is 10.2. The van der Waals surface area contributed by atoms with Crippen molar-refractivity contribution in [2.75, 3.05) is 18.4 Å². The van der Waals surface area contributed by atoms with Crippen molar-refractivity contribution in [1.29, 1.82) is 0 Å². The normalized spacial score (nSPS) is 14.2. The molecule has 2 aromatic carbocycles. The standard InChI is InChI=1S/C17H17ClN2S/c18-15-5-7-16(8-6-15)19-17(21)20-11-9-13-3-1-2-4-14(13)10-12-20/h1-8H,9-12H2,(H,19,21). The van der Waals surface area contributed by atoms with Crippen LogP contribution in [0.15, 0.2) is 48.5 Å². The van der Waals surface area contributed by atoms with Gasteiger partial charge in [-0.15, -0.1) is 0 Å². The number of anilines is 1. The maximum atomic E-state index is 5.90. The Labute approximate surface area is 135 Å².